The quantitative estimate of drug-likeness (QED) is 0.563. The lowest BCUT2D eigenvalue weighted by Crippen LogP contribution is -2.27. The summed E-state index contributed by atoms with van der Waals surface area (Å²) in [6, 6.07) is 14.5. The maximum atomic E-state index is 12.2. The first-order valence-corrected chi connectivity index (χ1v) is 9.82. The number of rotatable bonds is 7. The Labute approximate surface area is 171 Å². The van der Waals surface area contributed by atoms with Gasteiger partial charge in [-0.15, -0.1) is 0 Å². The minimum Gasteiger partial charge on any atom is -0.494 e. The number of amides is 3. The van der Waals surface area contributed by atoms with Gasteiger partial charge in [-0.05, 0) is 55.0 Å². The predicted octanol–water partition coefficient (Wildman–Crippen LogP) is 3.18. The molecule has 0 bridgehead atoms. The van der Waals surface area contributed by atoms with Crippen molar-refractivity contribution in [1.29, 1.82) is 0 Å². The van der Waals surface area contributed by atoms with Crippen LogP contribution in [0.4, 0.5) is 10.5 Å². The molecule has 1 saturated heterocycles. The molecule has 150 valence electrons. The molecule has 1 fully saturated rings. The third-order valence-electron chi connectivity index (χ3n) is 4.49. The van der Waals surface area contributed by atoms with Crippen LogP contribution in [0.1, 0.15) is 35.7 Å². The summed E-state index contributed by atoms with van der Waals surface area (Å²) in [6.45, 7) is 4.38. The molecule has 2 N–H and O–H groups in total. The van der Waals surface area contributed by atoms with Gasteiger partial charge in [0.15, 0.2) is 0 Å². The molecule has 0 radical (unpaired) electrons. The van der Waals surface area contributed by atoms with E-state index in [9.17, 15) is 9.59 Å². The summed E-state index contributed by atoms with van der Waals surface area (Å²) in [7, 11) is 0. The molecule has 1 aliphatic rings. The van der Waals surface area contributed by atoms with Gasteiger partial charge in [0.25, 0.3) is 5.91 Å². The third-order valence-corrected chi connectivity index (χ3v) is 4.49. The lowest BCUT2D eigenvalue weighted by Gasteiger charge is -2.13. The van der Waals surface area contributed by atoms with Gasteiger partial charge in [-0.2, -0.15) is 0 Å². The number of carbonyl (C=O) groups is 2. The maximum Gasteiger partial charge on any atom is 0.321 e. The summed E-state index contributed by atoms with van der Waals surface area (Å²) in [5.74, 6) is 6.56. The van der Waals surface area contributed by atoms with Gasteiger partial charge in [0.1, 0.15) is 5.75 Å². The minimum absolute atomic E-state index is 0.0768. The molecule has 0 atom stereocenters. The van der Waals surface area contributed by atoms with E-state index in [4.69, 9.17) is 4.74 Å². The second kappa shape index (κ2) is 10.2. The molecule has 1 heterocycles. The van der Waals surface area contributed by atoms with E-state index in [-0.39, 0.29) is 18.5 Å². The molecule has 0 saturated carbocycles. The number of hydrogen-bond donors (Lipinski definition) is 2. The molecule has 2 aromatic carbocycles. The summed E-state index contributed by atoms with van der Waals surface area (Å²) in [4.78, 5) is 25.5. The molecule has 2 aromatic rings. The van der Waals surface area contributed by atoms with Crippen molar-refractivity contribution >= 4 is 17.6 Å². The molecule has 29 heavy (non-hydrogen) atoms. The monoisotopic (exact) mass is 391 g/mol. The molecule has 6 heteroatoms. The highest BCUT2D eigenvalue weighted by Crippen LogP contribution is 2.17. The van der Waals surface area contributed by atoms with Crippen molar-refractivity contribution in [3.8, 4) is 17.6 Å². The average Bonchev–Trinajstić information content (AvgIpc) is 3.18. The number of anilines is 1. The Balaban J connectivity index is 1.47. The summed E-state index contributed by atoms with van der Waals surface area (Å²) >= 11 is 0. The van der Waals surface area contributed by atoms with Crippen molar-refractivity contribution < 1.29 is 14.3 Å². The highest BCUT2D eigenvalue weighted by molar-refractivity contribution is 5.94. The molecule has 0 aromatic heterocycles. The van der Waals surface area contributed by atoms with Crippen molar-refractivity contribution in [1.82, 2.24) is 10.6 Å². The molecular formula is C23H25N3O3. The lowest BCUT2D eigenvalue weighted by atomic mass is 10.2. The number of urea groups is 1. The Morgan fingerprint density at radius 3 is 2.59 bits per heavy atom. The second-order valence-corrected chi connectivity index (χ2v) is 6.64. The molecule has 0 unspecified atom stereocenters. The topological polar surface area (TPSA) is 70.7 Å². The van der Waals surface area contributed by atoms with Crippen LogP contribution < -0.4 is 20.3 Å². The molecule has 3 amide bonds. The predicted molar refractivity (Wildman–Crippen MR) is 113 cm³/mol. The fourth-order valence-corrected chi connectivity index (χ4v) is 2.85. The van der Waals surface area contributed by atoms with Gasteiger partial charge in [-0.25, -0.2) is 4.79 Å². The van der Waals surface area contributed by atoms with E-state index in [1.165, 1.54) is 0 Å². The highest BCUT2D eigenvalue weighted by atomic mass is 16.5. The number of ether oxygens (including phenoxy) is 1. The van der Waals surface area contributed by atoms with Crippen molar-refractivity contribution in [3.05, 3.63) is 59.7 Å². The summed E-state index contributed by atoms with van der Waals surface area (Å²) in [5.41, 5.74) is 2.25. The number of nitrogens with one attached hydrogen (secondary N) is 2. The van der Waals surface area contributed by atoms with Crippen LogP contribution in [0.5, 0.6) is 5.75 Å². The van der Waals surface area contributed by atoms with Gasteiger partial charge in [0.2, 0.25) is 0 Å². The van der Waals surface area contributed by atoms with Gasteiger partial charge in [-0.1, -0.05) is 25.2 Å². The van der Waals surface area contributed by atoms with Gasteiger partial charge < -0.3 is 15.4 Å². The summed E-state index contributed by atoms with van der Waals surface area (Å²) < 4.78 is 5.60. The van der Waals surface area contributed by atoms with Gasteiger partial charge in [-0.3, -0.25) is 9.69 Å². The normalized spacial score (nSPS) is 12.7. The van der Waals surface area contributed by atoms with Crippen molar-refractivity contribution in [2.75, 3.05) is 31.1 Å². The summed E-state index contributed by atoms with van der Waals surface area (Å²) in [5, 5.41) is 5.56. The van der Waals surface area contributed by atoms with Gasteiger partial charge in [0.05, 0.1) is 13.2 Å². The fraction of sp³-hybridized carbons (Fsp3) is 0.304. The molecule has 0 aliphatic carbocycles. The van der Waals surface area contributed by atoms with Crippen molar-refractivity contribution in [2.45, 2.75) is 19.8 Å². The Hall–Kier alpha value is -3.46. The largest absolute Gasteiger partial charge is 0.494 e. The zero-order valence-corrected chi connectivity index (χ0v) is 16.5. The average molecular weight is 391 g/mol. The second-order valence-electron chi connectivity index (χ2n) is 6.64. The van der Waals surface area contributed by atoms with E-state index in [1.54, 1.807) is 29.2 Å². The SMILES string of the molecule is CCCCOc1ccc(C(=O)NCC#Cc2ccc(N3CCNC3=O)cc2)cc1. The Kier molecular flexibility index (Phi) is 7.12. The molecular weight excluding hydrogens is 366 g/mol. The smallest absolute Gasteiger partial charge is 0.321 e. The first-order chi connectivity index (χ1) is 14.2. The number of unbranched alkanes of at least 4 members (excludes halogenated alkanes) is 1. The van der Waals surface area contributed by atoms with Crippen LogP contribution in [0.15, 0.2) is 48.5 Å². The minimum atomic E-state index is -0.171. The van der Waals surface area contributed by atoms with Gasteiger partial charge in [0, 0.05) is 29.9 Å². The van der Waals surface area contributed by atoms with Crippen LogP contribution in [0, 0.1) is 11.8 Å². The number of carbonyl (C=O) groups excluding carboxylic acids is 2. The van der Waals surface area contributed by atoms with Crippen LogP contribution in [0.2, 0.25) is 0 Å². The van der Waals surface area contributed by atoms with Crippen LogP contribution in [-0.4, -0.2) is 38.2 Å². The third kappa shape index (κ3) is 5.76. The lowest BCUT2D eigenvalue weighted by molar-refractivity contribution is 0.0958. The standard InChI is InChI=1S/C23H25N3O3/c1-2-3-17-29-21-12-8-19(9-13-21)22(27)24-14-4-5-18-6-10-20(11-7-18)26-16-15-25-23(26)28/h6-13H,2-3,14-17H2,1H3,(H,24,27)(H,25,28). The van der Waals surface area contributed by atoms with Crippen LogP contribution in [-0.2, 0) is 0 Å². The highest BCUT2D eigenvalue weighted by Gasteiger charge is 2.20. The molecule has 3 rings (SSSR count). The van der Waals surface area contributed by atoms with E-state index in [0.29, 0.717) is 25.3 Å². The Morgan fingerprint density at radius 1 is 1.17 bits per heavy atom. The molecule has 1 aliphatic heterocycles. The van der Waals surface area contributed by atoms with Crippen molar-refractivity contribution in [3.63, 3.8) is 0 Å². The first-order valence-electron chi connectivity index (χ1n) is 9.82. The Morgan fingerprint density at radius 2 is 1.93 bits per heavy atom. The van der Waals surface area contributed by atoms with E-state index < -0.39 is 0 Å². The zero-order chi connectivity index (χ0) is 20.5. The number of hydrogen-bond acceptors (Lipinski definition) is 3. The number of benzene rings is 2. The van der Waals surface area contributed by atoms with Crippen molar-refractivity contribution in [2.24, 2.45) is 0 Å². The number of nitrogens with zero attached hydrogens (tertiary/aromatic N) is 1. The van der Waals surface area contributed by atoms with E-state index in [1.807, 2.05) is 24.3 Å². The van der Waals surface area contributed by atoms with Crippen LogP contribution in [0.3, 0.4) is 0 Å². The maximum absolute atomic E-state index is 12.2. The van der Waals surface area contributed by atoms with E-state index in [2.05, 4.69) is 29.4 Å². The summed E-state index contributed by atoms with van der Waals surface area (Å²) in [6.07, 6.45) is 2.10. The van der Waals surface area contributed by atoms with Gasteiger partial charge >= 0.3 is 6.03 Å². The molecule has 6 nitrogen and oxygen atoms in total. The van der Waals surface area contributed by atoms with E-state index in [0.717, 1.165) is 29.8 Å². The molecule has 0 spiro atoms. The fourth-order valence-electron chi connectivity index (χ4n) is 2.85. The van der Waals surface area contributed by atoms with Crippen LogP contribution >= 0.6 is 0 Å². The van der Waals surface area contributed by atoms with Crippen LogP contribution in [0.25, 0.3) is 0 Å². The Bertz CT molecular complexity index is 896. The van der Waals surface area contributed by atoms with E-state index >= 15 is 0 Å². The first kappa shape index (κ1) is 20.3. The zero-order valence-electron chi connectivity index (χ0n) is 16.5.